The maximum Gasteiger partial charge on any atom is 0.419 e. The summed E-state index contributed by atoms with van der Waals surface area (Å²) in [5.41, 5.74) is 0.310. The molecule has 0 aliphatic carbocycles. The fraction of sp³-hybridized carbons (Fsp3) is 0.385. The third-order valence-corrected chi connectivity index (χ3v) is 2.76. The molecule has 1 aliphatic rings. The zero-order valence-corrected chi connectivity index (χ0v) is 9.76. The summed E-state index contributed by atoms with van der Waals surface area (Å²) in [4.78, 5) is 0. The van der Waals surface area contributed by atoms with E-state index in [9.17, 15) is 13.2 Å². The van der Waals surface area contributed by atoms with Gasteiger partial charge in [0.15, 0.2) is 0 Å². The molecule has 1 aromatic rings. The summed E-state index contributed by atoms with van der Waals surface area (Å²) in [7, 11) is 0. The van der Waals surface area contributed by atoms with Crippen molar-refractivity contribution in [1.82, 2.24) is 5.32 Å². The number of rotatable bonds is 3. The van der Waals surface area contributed by atoms with E-state index < -0.39 is 11.7 Å². The maximum atomic E-state index is 12.7. The van der Waals surface area contributed by atoms with Crippen LogP contribution in [0.4, 0.5) is 13.2 Å². The average molecular weight is 257 g/mol. The molecule has 0 aromatic heterocycles. The minimum atomic E-state index is -4.38. The molecule has 2 nitrogen and oxygen atoms in total. The van der Waals surface area contributed by atoms with Crippen molar-refractivity contribution in [1.29, 1.82) is 0 Å². The largest absolute Gasteiger partial charge is 0.489 e. The van der Waals surface area contributed by atoms with E-state index in [0.717, 1.165) is 31.1 Å². The molecule has 0 saturated heterocycles. The van der Waals surface area contributed by atoms with Crippen LogP contribution in [0.3, 0.4) is 0 Å². The molecule has 0 radical (unpaired) electrons. The monoisotopic (exact) mass is 257 g/mol. The third-order valence-electron chi connectivity index (χ3n) is 2.76. The molecule has 18 heavy (non-hydrogen) atoms. The van der Waals surface area contributed by atoms with Crippen molar-refractivity contribution in [2.75, 3.05) is 19.7 Å². The Bertz CT molecular complexity index is 440. The lowest BCUT2D eigenvalue weighted by Crippen LogP contribution is -2.22. The fourth-order valence-corrected chi connectivity index (χ4v) is 1.80. The summed E-state index contributed by atoms with van der Waals surface area (Å²) in [6.07, 6.45) is -1.60. The molecule has 1 aliphatic heterocycles. The number of para-hydroxylation sites is 1. The Kier molecular flexibility index (Phi) is 3.91. The van der Waals surface area contributed by atoms with E-state index in [0.29, 0.717) is 0 Å². The quantitative estimate of drug-likeness (QED) is 0.840. The van der Waals surface area contributed by atoms with Gasteiger partial charge < -0.3 is 10.1 Å². The van der Waals surface area contributed by atoms with Crippen molar-refractivity contribution in [2.24, 2.45) is 0 Å². The summed E-state index contributed by atoms with van der Waals surface area (Å²) >= 11 is 0. The molecule has 98 valence electrons. The van der Waals surface area contributed by atoms with Crippen LogP contribution in [0.25, 0.3) is 0 Å². The van der Waals surface area contributed by atoms with Crippen LogP contribution in [0.2, 0.25) is 0 Å². The highest BCUT2D eigenvalue weighted by Crippen LogP contribution is 2.36. The number of hydrogen-bond donors (Lipinski definition) is 1. The molecule has 0 amide bonds. The Morgan fingerprint density at radius 2 is 2.00 bits per heavy atom. The highest BCUT2D eigenvalue weighted by atomic mass is 19.4. The molecule has 0 fully saturated rings. The van der Waals surface area contributed by atoms with Crippen LogP contribution in [0.5, 0.6) is 5.75 Å². The molecule has 5 heteroatoms. The van der Waals surface area contributed by atoms with Crippen LogP contribution in [0.1, 0.15) is 12.0 Å². The molecule has 0 atom stereocenters. The van der Waals surface area contributed by atoms with Crippen molar-refractivity contribution in [3.63, 3.8) is 0 Å². The number of alkyl halides is 3. The second kappa shape index (κ2) is 5.44. The normalized spacial score (nSPS) is 16.3. The maximum absolute atomic E-state index is 12.7. The molecule has 0 bridgehead atoms. The summed E-state index contributed by atoms with van der Waals surface area (Å²) in [5.74, 6) is -0.107. The van der Waals surface area contributed by atoms with Gasteiger partial charge in [0.05, 0.1) is 5.56 Å². The van der Waals surface area contributed by atoms with Gasteiger partial charge in [-0.25, -0.2) is 0 Å². The van der Waals surface area contributed by atoms with Gasteiger partial charge in [-0.05, 0) is 30.7 Å². The van der Waals surface area contributed by atoms with Crippen molar-refractivity contribution in [3.8, 4) is 5.75 Å². The lowest BCUT2D eigenvalue weighted by molar-refractivity contribution is -0.138. The Balaban J connectivity index is 2.07. The third kappa shape index (κ3) is 3.26. The van der Waals surface area contributed by atoms with Crippen LogP contribution in [0, 0.1) is 0 Å². The van der Waals surface area contributed by atoms with Crippen LogP contribution in [-0.2, 0) is 6.18 Å². The topological polar surface area (TPSA) is 21.3 Å². The Morgan fingerprint density at radius 3 is 2.67 bits per heavy atom. The first kappa shape index (κ1) is 13.0. The van der Waals surface area contributed by atoms with Gasteiger partial charge in [-0.3, -0.25) is 0 Å². The van der Waals surface area contributed by atoms with E-state index >= 15 is 0 Å². The van der Waals surface area contributed by atoms with Gasteiger partial charge in [0.2, 0.25) is 0 Å². The van der Waals surface area contributed by atoms with Crippen molar-refractivity contribution >= 4 is 0 Å². The minimum Gasteiger partial charge on any atom is -0.489 e. The molecule has 2 rings (SSSR count). The van der Waals surface area contributed by atoms with Crippen molar-refractivity contribution < 1.29 is 17.9 Å². The van der Waals surface area contributed by atoms with Gasteiger partial charge in [-0.1, -0.05) is 18.2 Å². The summed E-state index contributed by atoms with van der Waals surface area (Å²) < 4.78 is 43.4. The number of halogens is 3. The average Bonchev–Trinajstić information content (AvgIpc) is 2.37. The smallest absolute Gasteiger partial charge is 0.419 e. The Morgan fingerprint density at radius 1 is 1.22 bits per heavy atom. The van der Waals surface area contributed by atoms with Gasteiger partial charge in [-0.15, -0.1) is 0 Å². The molecule has 0 saturated carbocycles. The van der Waals surface area contributed by atoms with E-state index in [1.165, 1.54) is 12.1 Å². The first-order chi connectivity index (χ1) is 8.57. The molecule has 1 N–H and O–H groups in total. The van der Waals surface area contributed by atoms with E-state index in [1.807, 2.05) is 6.08 Å². The second-order valence-corrected chi connectivity index (χ2v) is 4.10. The molecule has 0 unspecified atom stereocenters. The van der Waals surface area contributed by atoms with Crippen molar-refractivity contribution in [2.45, 2.75) is 12.6 Å². The lowest BCUT2D eigenvalue weighted by Gasteiger charge is -2.17. The van der Waals surface area contributed by atoms with E-state index in [-0.39, 0.29) is 12.4 Å². The summed E-state index contributed by atoms with van der Waals surface area (Å²) in [6.45, 7) is 1.81. The number of benzene rings is 1. The summed E-state index contributed by atoms with van der Waals surface area (Å²) in [6, 6.07) is 5.29. The van der Waals surface area contributed by atoms with E-state index in [2.05, 4.69) is 5.32 Å². The molecular formula is C13H14F3NO. The van der Waals surface area contributed by atoms with Crippen LogP contribution in [0.15, 0.2) is 35.9 Å². The van der Waals surface area contributed by atoms with Gasteiger partial charge in [0.25, 0.3) is 0 Å². The van der Waals surface area contributed by atoms with Crippen LogP contribution in [-0.4, -0.2) is 19.7 Å². The first-order valence-electron chi connectivity index (χ1n) is 5.75. The van der Waals surface area contributed by atoms with Crippen LogP contribution < -0.4 is 10.1 Å². The zero-order chi connectivity index (χ0) is 13.0. The zero-order valence-electron chi connectivity index (χ0n) is 9.76. The predicted octanol–water partition coefficient (Wildman–Crippen LogP) is 3.00. The van der Waals surface area contributed by atoms with Gasteiger partial charge in [0, 0.05) is 6.54 Å². The summed E-state index contributed by atoms with van der Waals surface area (Å²) in [5, 5.41) is 3.14. The predicted molar refractivity (Wildman–Crippen MR) is 62.5 cm³/mol. The standard InChI is InChI=1S/C13H14F3NO/c14-13(15,16)11-3-1-2-4-12(11)18-9-10-5-7-17-8-6-10/h1-5,17H,6-9H2. The van der Waals surface area contributed by atoms with Gasteiger partial charge in [-0.2, -0.15) is 13.2 Å². The Labute approximate surface area is 103 Å². The number of nitrogens with one attached hydrogen (secondary N) is 1. The SMILES string of the molecule is FC(F)(F)c1ccccc1OCC1=CCNCC1. The van der Waals surface area contributed by atoms with Gasteiger partial charge >= 0.3 is 6.18 Å². The first-order valence-corrected chi connectivity index (χ1v) is 5.75. The number of hydrogen-bond acceptors (Lipinski definition) is 2. The molecule has 1 heterocycles. The van der Waals surface area contributed by atoms with Crippen molar-refractivity contribution in [3.05, 3.63) is 41.5 Å². The Hall–Kier alpha value is -1.49. The highest BCUT2D eigenvalue weighted by Gasteiger charge is 2.34. The fourth-order valence-electron chi connectivity index (χ4n) is 1.80. The highest BCUT2D eigenvalue weighted by molar-refractivity contribution is 5.35. The molecule has 1 aromatic carbocycles. The van der Waals surface area contributed by atoms with E-state index in [1.54, 1.807) is 6.07 Å². The molecular weight excluding hydrogens is 243 g/mol. The number of ether oxygens (including phenoxy) is 1. The molecule has 0 spiro atoms. The van der Waals surface area contributed by atoms with Gasteiger partial charge in [0.1, 0.15) is 12.4 Å². The van der Waals surface area contributed by atoms with E-state index in [4.69, 9.17) is 4.74 Å². The lowest BCUT2D eigenvalue weighted by atomic mass is 10.1. The second-order valence-electron chi connectivity index (χ2n) is 4.10. The van der Waals surface area contributed by atoms with Crippen LogP contribution >= 0.6 is 0 Å². The minimum absolute atomic E-state index is 0.107.